The third-order valence-corrected chi connectivity index (χ3v) is 4.12. The van der Waals surface area contributed by atoms with Gasteiger partial charge in [-0.25, -0.2) is 4.98 Å². The maximum atomic E-state index is 12.5. The van der Waals surface area contributed by atoms with E-state index in [1.54, 1.807) is 49.6 Å². The van der Waals surface area contributed by atoms with Crippen LogP contribution in [0.3, 0.4) is 0 Å². The number of hydrogen-bond acceptors (Lipinski definition) is 6. The molecule has 0 bridgehead atoms. The van der Waals surface area contributed by atoms with Gasteiger partial charge in [-0.3, -0.25) is 14.6 Å². The maximum Gasteiger partial charge on any atom is 0.251 e. The van der Waals surface area contributed by atoms with Gasteiger partial charge < -0.3 is 19.8 Å². The van der Waals surface area contributed by atoms with Gasteiger partial charge in [0, 0.05) is 29.6 Å². The number of hydrogen-bond donors (Lipinski definition) is 2. The quantitative estimate of drug-likeness (QED) is 0.734. The average Bonchev–Trinajstić information content (AvgIpc) is 3.16. The Hall–Kier alpha value is -3.68. The Balaban J connectivity index is 1.56. The Morgan fingerprint density at radius 2 is 2.07 bits per heavy atom. The van der Waals surface area contributed by atoms with Crippen molar-refractivity contribution in [3.05, 3.63) is 70.4 Å². The monoisotopic (exact) mass is 364 g/mol. The zero-order chi connectivity index (χ0) is 18.8. The van der Waals surface area contributed by atoms with Gasteiger partial charge in [0.1, 0.15) is 5.82 Å². The fourth-order valence-electron chi connectivity index (χ4n) is 2.73. The van der Waals surface area contributed by atoms with E-state index in [2.05, 4.69) is 20.3 Å². The van der Waals surface area contributed by atoms with E-state index in [0.29, 0.717) is 34.1 Å². The molecule has 0 saturated heterocycles. The molecule has 0 saturated carbocycles. The largest absolute Gasteiger partial charge is 0.454 e. The number of nitrogens with zero attached hydrogens (tertiary/aromatic N) is 2. The maximum absolute atomic E-state index is 12.5. The number of pyridine rings is 1. The normalized spacial score (nSPS) is 13.2. The van der Waals surface area contributed by atoms with Crippen LogP contribution in [-0.2, 0) is 0 Å². The lowest BCUT2D eigenvalue weighted by Gasteiger charge is -2.14. The van der Waals surface area contributed by atoms with Crippen LogP contribution in [-0.4, -0.2) is 27.7 Å². The van der Waals surface area contributed by atoms with Gasteiger partial charge in [-0.1, -0.05) is 0 Å². The van der Waals surface area contributed by atoms with Crippen LogP contribution in [0.2, 0.25) is 0 Å². The summed E-state index contributed by atoms with van der Waals surface area (Å²) in [5, 5.41) is 2.84. The molecular weight excluding hydrogens is 348 g/mol. The number of rotatable bonds is 4. The molecule has 1 atom stereocenters. The predicted molar refractivity (Wildman–Crippen MR) is 96.5 cm³/mol. The van der Waals surface area contributed by atoms with Crippen LogP contribution in [0.25, 0.3) is 11.4 Å². The Morgan fingerprint density at radius 3 is 2.89 bits per heavy atom. The SMILES string of the molecule is CC(NC(=O)c1ccc2c(c1)OCO2)c1cc(=O)[nH]c(-c2cccnc2)n1. The number of benzene rings is 1. The van der Waals surface area contributed by atoms with E-state index in [-0.39, 0.29) is 18.3 Å². The van der Waals surface area contributed by atoms with E-state index in [9.17, 15) is 9.59 Å². The zero-order valence-corrected chi connectivity index (χ0v) is 14.4. The summed E-state index contributed by atoms with van der Waals surface area (Å²) in [6, 6.07) is 9.41. The lowest BCUT2D eigenvalue weighted by Crippen LogP contribution is -2.28. The highest BCUT2D eigenvalue weighted by molar-refractivity contribution is 5.95. The Labute approximate surface area is 154 Å². The van der Waals surface area contributed by atoms with E-state index in [0.717, 1.165) is 0 Å². The minimum atomic E-state index is -0.472. The molecule has 136 valence electrons. The number of nitrogens with one attached hydrogen (secondary N) is 2. The number of ether oxygens (including phenoxy) is 2. The summed E-state index contributed by atoms with van der Waals surface area (Å²) in [5.74, 6) is 1.24. The van der Waals surface area contributed by atoms with Crippen molar-refractivity contribution in [1.82, 2.24) is 20.3 Å². The molecule has 1 amide bonds. The number of carbonyl (C=O) groups is 1. The van der Waals surface area contributed by atoms with Crippen molar-refractivity contribution < 1.29 is 14.3 Å². The van der Waals surface area contributed by atoms with E-state index >= 15 is 0 Å². The Morgan fingerprint density at radius 1 is 1.22 bits per heavy atom. The second kappa shape index (κ2) is 6.91. The van der Waals surface area contributed by atoms with Crippen molar-refractivity contribution >= 4 is 5.91 Å². The third-order valence-electron chi connectivity index (χ3n) is 4.12. The van der Waals surface area contributed by atoms with Gasteiger partial charge in [-0.05, 0) is 37.3 Å². The molecule has 1 aliphatic rings. The lowest BCUT2D eigenvalue weighted by molar-refractivity contribution is 0.0938. The topological polar surface area (TPSA) is 106 Å². The second-order valence-electron chi connectivity index (χ2n) is 6.02. The number of carbonyl (C=O) groups excluding carboxylic acids is 1. The minimum Gasteiger partial charge on any atom is -0.454 e. The molecule has 1 aliphatic heterocycles. The fourth-order valence-corrected chi connectivity index (χ4v) is 2.73. The Kier molecular flexibility index (Phi) is 4.29. The first kappa shape index (κ1) is 16.8. The van der Waals surface area contributed by atoms with Crippen LogP contribution >= 0.6 is 0 Å². The number of amides is 1. The van der Waals surface area contributed by atoms with Crippen molar-refractivity contribution in [2.75, 3.05) is 6.79 Å². The summed E-state index contributed by atoms with van der Waals surface area (Å²) in [6.45, 7) is 1.91. The molecule has 1 aromatic carbocycles. The summed E-state index contributed by atoms with van der Waals surface area (Å²) in [5.41, 5.74) is 1.27. The molecule has 0 fully saturated rings. The van der Waals surface area contributed by atoms with Gasteiger partial charge in [0.2, 0.25) is 6.79 Å². The number of aromatic nitrogens is 3. The van der Waals surface area contributed by atoms with Crippen molar-refractivity contribution in [2.24, 2.45) is 0 Å². The smallest absolute Gasteiger partial charge is 0.251 e. The molecule has 8 nitrogen and oxygen atoms in total. The van der Waals surface area contributed by atoms with Gasteiger partial charge in [0.05, 0.1) is 11.7 Å². The molecule has 2 N–H and O–H groups in total. The molecule has 27 heavy (non-hydrogen) atoms. The average molecular weight is 364 g/mol. The summed E-state index contributed by atoms with van der Waals surface area (Å²) in [7, 11) is 0. The first-order chi connectivity index (χ1) is 13.1. The molecule has 2 aromatic heterocycles. The summed E-state index contributed by atoms with van der Waals surface area (Å²) >= 11 is 0. The molecule has 0 spiro atoms. The van der Waals surface area contributed by atoms with Gasteiger partial charge >= 0.3 is 0 Å². The van der Waals surface area contributed by atoms with Gasteiger partial charge in [0.15, 0.2) is 11.5 Å². The highest BCUT2D eigenvalue weighted by Crippen LogP contribution is 2.32. The highest BCUT2D eigenvalue weighted by atomic mass is 16.7. The molecule has 0 radical (unpaired) electrons. The molecular formula is C19H16N4O4. The van der Waals surface area contributed by atoms with Crippen molar-refractivity contribution in [3.63, 3.8) is 0 Å². The molecule has 0 aliphatic carbocycles. The van der Waals surface area contributed by atoms with Crippen LogP contribution in [0.4, 0.5) is 0 Å². The van der Waals surface area contributed by atoms with Crippen LogP contribution in [0, 0.1) is 0 Å². The van der Waals surface area contributed by atoms with Crippen molar-refractivity contribution in [1.29, 1.82) is 0 Å². The fraction of sp³-hybridized carbons (Fsp3) is 0.158. The number of aromatic amines is 1. The first-order valence-corrected chi connectivity index (χ1v) is 8.32. The molecule has 4 rings (SSSR count). The van der Waals surface area contributed by atoms with Gasteiger partial charge in [0.25, 0.3) is 11.5 Å². The third kappa shape index (κ3) is 3.50. The standard InChI is InChI=1S/C19H16N4O4/c1-11(21-19(25)12-4-5-15-16(7-12)27-10-26-15)14-8-17(24)23-18(22-14)13-3-2-6-20-9-13/h2-9,11H,10H2,1H3,(H,21,25)(H,22,23,24). The second-order valence-corrected chi connectivity index (χ2v) is 6.02. The molecule has 3 heterocycles. The molecule has 8 heteroatoms. The summed E-state index contributed by atoms with van der Waals surface area (Å²) in [6.07, 6.45) is 3.25. The zero-order valence-electron chi connectivity index (χ0n) is 14.4. The first-order valence-electron chi connectivity index (χ1n) is 8.32. The van der Waals surface area contributed by atoms with E-state index in [1.807, 2.05) is 0 Å². The van der Waals surface area contributed by atoms with Gasteiger partial charge in [-0.15, -0.1) is 0 Å². The number of H-pyrrole nitrogens is 1. The summed E-state index contributed by atoms with van der Waals surface area (Å²) in [4.78, 5) is 35.7. The van der Waals surface area contributed by atoms with Crippen molar-refractivity contribution in [3.8, 4) is 22.9 Å². The summed E-state index contributed by atoms with van der Waals surface area (Å²) < 4.78 is 10.5. The van der Waals surface area contributed by atoms with E-state index < -0.39 is 6.04 Å². The van der Waals surface area contributed by atoms with Crippen molar-refractivity contribution in [2.45, 2.75) is 13.0 Å². The van der Waals surface area contributed by atoms with Crippen LogP contribution in [0.5, 0.6) is 11.5 Å². The molecule has 3 aromatic rings. The van der Waals surface area contributed by atoms with Gasteiger partial charge in [-0.2, -0.15) is 0 Å². The van der Waals surface area contributed by atoms with E-state index in [4.69, 9.17) is 9.47 Å². The molecule has 1 unspecified atom stereocenters. The number of fused-ring (bicyclic) bond motifs is 1. The highest BCUT2D eigenvalue weighted by Gasteiger charge is 2.18. The van der Waals surface area contributed by atoms with Crippen LogP contribution < -0.4 is 20.3 Å². The van der Waals surface area contributed by atoms with E-state index in [1.165, 1.54) is 6.07 Å². The Bertz CT molecular complexity index is 1050. The predicted octanol–water partition coefficient (Wildman–Crippen LogP) is 2.05. The van der Waals surface area contributed by atoms with Crippen LogP contribution in [0.15, 0.2) is 53.6 Å². The lowest BCUT2D eigenvalue weighted by atomic mass is 10.1. The minimum absolute atomic E-state index is 0.143. The van der Waals surface area contributed by atoms with Crippen LogP contribution in [0.1, 0.15) is 29.0 Å².